The molecular weight excluding hydrogens is 332 g/mol. The molecule has 2 aliphatic rings. The summed E-state index contributed by atoms with van der Waals surface area (Å²) in [4.78, 5) is 20.3. The van der Waals surface area contributed by atoms with Gasteiger partial charge in [-0.1, -0.05) is 6.07 Å². The van der Waals surface area contributed by atoms with E-state index in [0.717, 1.165) is 41.5 Å². The van der Waals surface area contributed by atoms with Crippen molar-refractivity contribution in [2.75, 3.05) is 30.1 Å². The Bertz CT molecular complexity index is 958. The average molecular weight is 350 g/mol. The Morgan fingerprint density at radius 2 is 1.85 bits per heavy atom. The lowest BCUT2D eigenvalue weighted by Crippen LogP contribution is -2.21. The Hall–Kier alpha value is -3.16. The molecule has 1 saturated heterocycles. The van der Waals surface area contributed by atoms with Crippen molar-refractivity contribution in [1.29, 1.82) is 0 Å². The summed E-state index contributed by atoms with van der Waals surface area (Å²) in [5, 5.41) is 3.30. The second-order valence-electron chi connectivity index (χ2n) is 6.33. The summed E-state index contributed by atoms with van der Waals surface area (Å²) >= 11 is 0. The molecule has 0 bridgehead atoms. The second-order valence-corrected chi connectivity index (χ2v) is 6.33. The van der Waals surface area contributed by atoms with Gasteiger partial charge in [0.2, 0.25) is 12.7 Å². The van der Waals surface area contributed by atoms with E-state index in [-0.39, 0.29) is 6.79 Å². The minimum Gasteiger partial charge on any atom is -0.454 e. The summed E-state index contributed by atoms with van der Waals surface area (Å²) in [7, 11) is 0. The number of anilines is 2. The van der Waals surface area contributed by atoms with Crippen LogP contribution in [0.15, 0.2) is 30.6 Å². The predicted molar refractivity (Wildman–Crippen MR) is 96.5 cm³/mol. The fraction of sp³-hybridized carbons (Fsp3) is 0.333. The third kappa shape index (κ3) is 2.73. The lowest BCUT2D eigenvalue weighted by atomic mass is 10.2. The van der Waals surface area contributed by atoms with E-state index >= 15 is 0 Å². The molecule has 26 heavy (non-hydrogen) atoms. The molecule has 1 fully saturated rings. The van der Waals surface area contributed by atoms with Crippen LogP contribution >= 0.6 is 0 Å². The molecule has 1 N–H and O–H groups in total. The maximum atomic E-state index is 5.43. The number of aromatic nitrogens is 4. The normalized spacial score (nSPS) is 15.6. The highest BCUT2D eigenvalue weighted by Gasteiger charge is 2.19. The number of fused-ring (bicyclic) bond motifs is 2. The largest absolute Gasteiger partial charge is 0.454 e. The first-order valence-corrected chi connectivity index (χ1v) is 8.73. The SMILES string of the molecule is c1cnc2c(N3CCCC3)nc(NCc3ccc4c(c3)OCO4)nc2n1. The van der Waals surface area contributed by atoms with Crippen LogP contribution in [-0.4, -0.2) is 39.8 Å². The lowest BCUT2D eigenvalue weighted by Gasteiger charge is -2.18. The van der Waals surface area contributed by atoms with Crippen molar-refractivity contribution in [2.24, 2.45) is 0 Å². The topological polar surface area (TPSA) is 85.3 Å². The molecule has 2 aromatic heterocycles. The number of nitrogens with zero attached hydrogens (tertiary/aromatic N) is 5. The van der Waals surface area contributed by atoms with Crippen molar-refractivity contribution in [2.45, 2.75) is 19.4 Å². The maximum Gasteiger partial charge on any atom is 0.231 e. The minimum atomic E-state index is 0.276. The molecular formula is C18H18N6O2. The number of ether oxygens (including phenoxy) is 2. The van der Waals surface area contributed by atoms with Crippen LogP contribution in [0.2, 0.25) is 0 Å². The Morgan fingerprint density at radius 1 is 1.00 bits per heavy atom. The summed E-state index contributed by atoms with van der Waals surface area (Å²) in [6, 6.07) is 5.89. The van der Waals surface area contributed by atoms with Crippen molar-refractivity contribution < 1.29 is 9.47 Å². The fourth-order valence-corrected chi connectivity index (χ4v) is 3.31. The highest BCUT2D eigenvalue weighted by atomic mass is 16.7. The molecule has 3 aromatic rings. The Kier molecular flexibility index (Phi) is 3.66. The van der Waals surface area contributed by atoms with Gasteiger partial charge in [-0.05, 0) is 30.5 Å². The van der Waals surface area contributed by atoms with Crippen LogP contribution in [-0.2, 0) is 6.54 Å². The summed E-state index contributed by atoms with van der Waals surface area (Å²) in [5.41, 5.74) is 2.43. The van der Waals surface area contributed by atoms with Crippen LogP contribution in [0, 0.1) is 0 Å². The summed E-state index contributed by atoms with van der Waals surface area (Å²) in [6.07, 6.45) is 5.69. The summed E-state index contributed by atoms with van der Waals surface area (Å²) < 4.78 is 10.8. The van der Waals surface area contributed by atoms with Crippen molar-refractivity contribution in [3.05, 3.63) is 36.2 Å². The fourth-order valence-electron chi connectivity index (χ4n) is 3.31. The van der Waals surface area contributed by atoms with Gasteiger partial charge in [0, 0.05) is 32.0 Å². The second kappa shape index (κ2) is 6.29. The Labute approximate surface area is 150 Å². The van der Waals surface area contributed by atoms with Gasteiger partial charge >= 0.3 is 0 Å². The first kappa shape index (κ1) is 15.1. The zero-order valence-electron chi connectivity index (χ0n) is 14.2. The number of nitrogens with one attached hydrogen (secondary N) is 1. The quantitative estimate of drug-likeness (QED) is 0.767. The zero-order valence-corrected chi connectivity index (χ0v) is 14.2. The van der Waals surface area contributed by atoms with Crippen molar-refractivity contribution >= 4 is 22.9 Å². The molecule has 8 nitrogen and oxygen atoms in total. The van der Waals surface area contributed by atoms with E-state index in [4.69, 9.17) is 14.5 Å². The standard InChI is InChI=1S/C18H18N6O2/c1-2-8-24(7-1)17-15-16(20-6-5-19-15)22-18(23-17)21-10-12-3-4-13-14(9-12)26-11-25-13/h3-6,9H,1-2,7-8,10-11H2,(H,20,21,22,23). The van der Waals surface area contributed by atoms with Crippen molar-refractivity contribution in [1.82, 2.24) is 19.9 Å². The number of benzene rings is 1. The Morgan fingerprint density at radius 3 is 2.77 bits per heavy atom. The van der Waals surface area contributed by atoms with Crippen molar-refractivity contribution in [3.8, 4) is 11.5 Å². The van der Waals surface area contributed by atoms with Crippen LogP contribution in [0.4, 0.5) is 11.8 Å². The van der Waals surface area contributed by atoms with Crippen LogP contribution in [0.25, 0.3) is 11.2 Å². The number of hydrogen-bond acceptors (Lipinski definition) is 8. The van der Waals surface area contributed by atoms with E-state index in [2.05, 4.69) is 25.2 Å². The summed E-state index contributed by atoms with van der Waals surface area (Å²) in [5.74, 6) is 2.96. The van der Waals surface area contributed by atoms with Gasteiger partial charge in [0.15, 0.2) is 28.5 Å². The Balaban J connectivity index is 1.43. The van der Waals surface area contributed by atoms with Gasteiger partial charge in [-0.2, -0.15) is 9.97 Å². The van der Waals surface area contributed by atoms with Crippen molar-refractivity contribution in [3.63, 3.8) is 0 Å². The first-order valence-electron chi connectivity index (χ1n) is 8.73. The molecule has 5 rings (SSSR count). The number of rotatable bonds is 4. The van der Waals surface area contributed by atoms with E-state index in [0.29, 0.717) is 18.1 Å². The smallest absolute Gasteiger partial charge is 0.231 e. The average Bonchev–Trinajstić information content (AvgIpc) is 3.37. The van der Waals surface area contributed by atoms with Gasteiger partial charge in [-0.3, -0.25) is 0 Å². The predicted octanol–water partition coefficient (Wildman–Crippen LogP) is 2.36. The molecule has 0 aliphatic carbocycles. The minimum absolute atomic E-state index is 0.276. The van der Waals surface area contributed by atoms with E-state index in [1.807, 2.05) is 18.2 Å². The molecule has 8 heteroatoms. The van der Waals surface area contributed by atoms with E-state index in [1.165, 1.54) is 12.8 Å². The van der Waals surface area contributed by atoms with Gasteiger partial charge in [-0.25, -0.2) is 9.97 Å². The third-order valence-electron chi connectivity index (χ3n) is 4.61. The van der Waals surface area contributed by atoms with Crippen LogP contribution in [0.1, 0.15) is 18.4 Å². The number of hydrogen-bond donors (Lipinski definition) is 1. The highest BCUT2D eigenvalue weighted by Crippen LogP contribution is 2.32. The molecule has 0 radical (unpaired) electrons. The first-order chi connectivity index (χ1) is 12.9. The molecule has 0 amide bonds. The van der Waals surface area contributed by atoms with Gasteiger partial charge in [0.25, 0.3) is 0 Å². The lowest BCUT2D eigenvalue weighted by molar-refractivity contribution is 0.174. The van der Waals surface area contributed by atoms with E-state index in [9.17, 15) is 0 Å². The summed E-state index contributed by atoms with van der Waals surface area (Å²) in [6.45, 7) is 2.84. The molecule has 132 valence electrons. The van der Waals surface area contributed by atoms with Gasteiger partial charge in [0.05, 0.1) is 0 Å². The van der Waals surface area contributed by atoms with Crippen LogP contribution < -0.4 is 19.7 Å². The van der Waals surface area contributed by atoms with Crippen LogP contribution in [0.3, 0.4) is 0 Å². The monoisotopic (exact) mass is 350 g/mol. The molecule has 2 aliphatic heterocycles. The third-order valence-corrected chi connectivity index (χ3v) is 4.61. The van der Waals surface area contributed by atoms with E-state index in [1.54, 1.807) is 12.4 Å². The highest BCUT2D eigenvalue weighted by molar-refractivity contribution is 5.83. The molecule has 0 unspecified atom stereocenters. The zero-order chi connectivity index (χ0) is 17.3. The molecule has 0 atom stereocenters. The van der Waals surface area contributed by atoms with E-state index < -0.39 is 0 Å². The molecule has 0 saturated carbocycles. The van der Waals surface area contributed by atoms with Gasteiger partial charge < -0.3 is 19.7 Å². The van der Waals surface area contributed by atoms with Gasteiger partial charge in [-0.15, -0.1) is 0 Å². The van der Waals surface area contributed by atoms with Gasteiger partial charge in [0.1, 0.15) is 0 Å². The molecule has 0 spiro atoms. The van der Waals surface area contributed by atoms with Crippen LogP contribution in [0.5, 0.6) is 11.5 Å². The molecule has 1 aromatic carbocycles. The maximum absolute atomic E-state index is 5.43. The molecule has 4 heterocycles.